The zero-order chi connectivity index (χ0) is 14.8. The van der Waals surface area contributed by atoms with Gasteiger partial charge < -0.3 is 10.4 Å². The Bertz CT molecular complexity index is 499. The number of piperazine rings is 1. The minimum Gasteiger partial charge on any atom is -0.505 e. The van der Waals surface area contributed by atoms with E-state index in [0.717, 1.165) is 31.7 Å². The summed E-state index contributed by atoms with van der Waals surface area (Å²) in [5, 5.41) is 13.6. The Morgan fingerprint density at radius 2 is 1.90 bits per heavy atom. The third kappa shape index (κ3) is 3.25. The van der Waals surface area contributed by atoms with E-state index in [1.165, 1.54) is 31.7 Å². The van der Waals surface area contributed by atoms with Crippen molar-refractivity contribution in [3.05, 3.63) is 28.0 Å². The van der Waals surface area contributed by atoms with Crippen LogP contribution in [0.15, 0.2) is 16.6 Å². The summed E-state index contributed by atoms with van der Waals surface area (Å²) in [4.78, 5) is 2.41. The number of nitrogens with one attached hydrogen (secondary N) is 1. The van der Waals surface area contributed by atoms with E-state index in [1.807, 2.05) is 6.07 Å². The molecular formula is C16H22BrFN2O. The highest BCUT2D eigenvalue weighted by Gasteiger charge is 2.34. The average molecular weight is 357 g/mol. The number of benzene rings is 1. The highest BCUT2D eigenvalue weighted by molar-refractivity contribution is 9.10. The van der Waals surface area contributed by atoms with Crippen LogP contribution in [0.1, 0.15) is 37.3 Å². The Labute approximate surface area is 133 Å². The number of aromatic hydroxyl groups is 1. The van der Waals surface area contributed by atoms with Crippen molar-refractivity contribution in [1.82, 2.24) is 10.2 Å². The zero-order valence-corrected chi connectivity index (χ0v) is 13.7. The maximum Gasteiger partial charge on any atom is 0.166 e. The molecule has 1 aliphatic carbocycles. The second-order valence-corrected chi connectivity index (χ2v) is 7.02. The summed E-state index contributed by atoms with van der Waals surface area (Å²) in [6, 6.07) is 3.35. The van der Waals surface area contributed by atoms with Gasteiger partial charge in [0.05, 0.1) is 0 Å². The maximum atomic E-state index is 13.9. The molecule has 1 aliphatic heterocycles. The second-order valence-electron chi connectivity index (χ2n) is 6.10. The Balaban J connectivity index is 1.97. The highest BCUT2D eigenvalue weighted by atomic mass is 79.9. The van der Waals surface area contributed by atoms with Crippen LogP contribution in [0, 0.1) is 11.7 Å². The Hall–Kier alpha value is -0.650. The smallest absolute Gasteiger partial charge is 0.166 e. The molecule has 1 saturated carbocycles. The van der Waals surface area contributed by atoms with Gasteiger partial charge in [-0.2, -0.15) is 0 Å². The van der Waals surface area contributed by atoms with Gasteiger partial charge in [-0.05, 0) is 30.9 Å². The fraction of sp³-hybridized carbons (Fsp3) is 0.625. The van der Waals surface area contributed by atoms with Crippen LogP contribution in [0.5, 0.6) is 5.75 Å². The number of halogens is 2. The molecular weight excluding hydrogens is 335 g/mol. The molecule has 21 heavy (non-hydrogen) atoms. The van der Waals surface area contributed by atoms with E-state index in [1.54, 1.807) is 0 Å². The fourth-order valence-corrected chi connectivity index (χ4v) is 4.24. The van der Waals surface area contributed by atoms with Gasteiger partial charge in [0, 0.05) is 42.3 Å². The van der Waals surface area contributed by atoms with E-state index in [9.17, 15) is 9.50 Å². The van der Waals surface area contributed by atoms with Gasteiger partial charge in [-0.15, -0.1) is 0 Å². The van der Waals surface area contributed by atoms with Crippen molar-refractivity contribution in [2.45, 2.75) is 31.7 Å². The lowest BCUT2D eigenvalue weighted by atomic mass is 9.89. The predicted octanol–water partition coefficient (Wildman–Crippen LogP) is 3.43. The third-order valence-corrected chi connectivity index (χ3v) is 5.23. The summed E-state index contributed by atoms with van der Waals surface area (Å²) in [6.07, 6.45) is 4.82. The first kappa shape index (κ1) is 15.3. The molecule has 5 heteroatoms. The fourth-order valence-electron chi connectivity index (χ4n) is 3.79. The molecule has 2 fully saturated rings. The van der Waals surface area contributed by atoms with Crippen LogP contribution in [-0.4, -0.2) is 36.2 Å². The standard InChI is InChI=1S/C16H22BrFN2O/c17-12-9-13(16(21)14(18)10-12)15(11-3-1-2-4-11)20-7-5-19-6-8-20/h9-11,15,19,21H,1-8H2/t15-/m1/s1. The molecule has 0 unspecified atom stereocenters. The minimum absolute atomic E-state index is 0.126. The van der Waals surface area contributed by atoms with Crippen LogP contribution >= 0.6 is 15.9 Å². The first-order valence-corrected chi connectivity index (χ1v) is 8.59. The Kier molecular flexibility index (Phi) is 4.82. The van der Waals surface area contributed by atoms with Gasteiger partial charge in [0.15, 0.2) is 11.6 Å². The number of rotatable bonds is 3. The van der Waals surface area contributed by atoms with Gasteiger partial charge in [-0.3, -0.25) is 4.90 Å². The zero-order valence-electron chi connectivity index (χ0n) is 12.1. The highest BCUT2D eigenvalue weighted by Crippen LogP contribution is 2.43. The molecule has 1 atom stereocenters. The van der Waals surface area contributed by atoms with Crippen LogP contribution in [0.25, 0.3) is 0 Å². The van der Waals surface area contributed by atoms with Crippen molar-refractivity contribution in [3.63, 3.8) is 0 Å². The molecule has 116 valence electrons. The molecule has 3 nitrogen and oxygen atoms in total. The first-order valence-electron chi connectivity index (χ1n) is 7.79. The summed E-state index contributed by atoms with van der Waals surface area (Å²) in [5.74, 6) is -0.186. The number of nitrogens with zero attached hydrogens (tertiary/aromatic N) is 1. The number of phenols is 1. The van der Waals surface area contributed by atoms with E-state index in [-0.39, 0.29) is 11.8 Å². The largest absolute Gasteiger partial charge is 0.505 e. The predicted molar refractivity (Wildman–Crippen MR) is 84.9 cm³/mol. The average Bonchev–Trinajstić information content (AvgIpc) is 2.99. The number of phenolic OH excluding ortho intramolecular Hbond substituents is 1. The number of hydrogen-bond donors (Lipinski definition) is 2. The maximum absolute atomic E-state index is 13.9. The SMILES string of the molecule is Oc1c(F)cc(Br)cc1[C@@H](C1CCCC1)N1CCNCC1. The van der Waals surface area contributed by atoms with E-state index in [0.29, 0.717) is 10.4 Å². The summed E-state index contributed by atoms with van der Waals surface area (Å²) in [5.41, 5.74) is 0.746. The van der Waals surface area contributed by atoms with E-state index in [4.69, 9.17) is 0 Å². The van der Waals surface area contributed by atoms with E-state index < -0.39 is 5.82 Å². The van der Waals surface area contributed by atoms with Gasteiger partial charge in [0.25, 0.3) is 0 Å². The van der Waals surface area contributed by atoms with Crippen LogP contribution in [-0.2, 0) is 0 Å². The van der Waals surface area contributed by atoms with Gasteiger partial charge in [-0.25, -0.2) is 4.39 Å². The topological polar surface area (TPSA) is 35.5 Å². The van der Waals surface area contributed by atoms with E-state index in [2.05, 4.69) is 26.1 Å². The van der Waals surface area contributed by atoms with Crippen LogP contribution in [0.3, 0.4) is 0 Å². The van der Waals surface area contributed by atoms with E-state index >= 15 is 0 Å². The molecule has 2 aliphatic rings. The number of hydrogen-bond acceptors (Lipinski definition) is 3. The molecule has 0 spiro atoms. The first-order chi connectivity index (χ1) is 10.2. The van der Waals surface area contributed by atoms with Crippen molar-refractivity contribution >= 4 is 15.9 Å². The lowest BCUT2D eigenvalue weighted by Gasteiger charge is -2.39. The Morgan fingerprint density at radius 3 is 2.57 bits per heavy atom. The molecule has 1 aromatic rings. The summed E-state index contributed by atoms with van der Waals surface area (Å²) >= 11 is 3.37. The van der Waals surface area contributed by atoms with Crippen molar-refractivity contribution in [3.8, 4) is 5.75 Å². The molecule has 3 rings (SSSR count). The van der Waals surface area contributed by atoms with Crippen LogP contribution < -0.4 is 5.32 Å². The summed E-state index contributed by atoms with van der Waals surface area (Å²) < 4.78 is 14.6. The molecule has 1 aromatic carbocycles. The molecule has 1 saturated heterocycles. The van der Waals surface area contributed by atoms with Crippen molar-refractivity contribution in [2.75, 3.05) is 26.2 Å². The normalized spacial score (nSPS) is 22.6. The molecule has 1 heterocycles. The van der Waals surface area contributed by atoms with Crippen molar-refractivity contribution in [1.29, 1.82) is 0 Å². The van der Waals surface area contributed by atoms with Gasteiger partial charge >= 0.3 is 0 Å². The quantitative estimate of drug-likeness (QED) is 0.870. The molecule has 0 aromatic heterocycles. The minimum atomic E-state index is -0.530. The van der Waals surface area contributed by atoms with Crippen LogP contribution in [0.2, 0.25) is 0 Å². The van der Waals surface area contributed by atoms with Crippen LogP contribution in [0.4, 0.5) is 4.39 Å². The second kappa shape index (κ2) is 6.63. The summed E-state index contributed by atoms with van der Waals surface area (Å²) in [7, 11) is 0. The van der Waals surface area contributed by atoms with Gasteiger partial charge in [-0.1, -0.05) is 28.8 Å². The molecule has 0 bridgehead atoms. The third-order valence-electron chi connectivity index (χ3n) is 4.77. The van der Waals surface area contributed by atoms with Gasteiger partial charge in [0.2, 0.25) is 0 Å². The molecule has 0 amide bonds. The van der Waals surface area contributed by atoms with Crippen molar-refractivity contribution in [2.24, 2.45) is 5.92 Å². The molecule has 0 radical (unpaired) electrons. The molecule has 2 N–H and O–H groups in total. The van der Waals surface area contributed by atoms with Gasteiger partial charge in [0.1, 0.15) is 0 Å². The Morgan fingerprint density at radius 1 is 1.24 bits per heavy atom. The summed E-state index contributed by atoms with van der Waals surface area (Å²) in [6.45, 7) is 3.82. The van der Waals surface area contributed by atoms with Crippen molar-refractivity contribution < 1.29 is 9.50 Å². The lowest BCUT2D eigenvalue weighted by molar-refractivity contribution is 0.122. The lowest BCUT2D eigenvalue weighted by Crippen LogP contribution is -2.46. The monoisotopic (exact) mass is 356 g/mol.